The number of rotatable bonds is 5. The van der Waals surface area contributed by atoms with E-state index in [1.54, 1.807) is 0 Å². The molecule has 0 bridgehead atoms. The largest absolute Gasteiger partial charge is 0.416 e. The standard InChI is InChI=1S/C24H31F3N6O/c1-13(2)20-22(34)30-19-14(3)28-23(31-21(19)33(20)5)29-16-8-11-18(12-16)32(4)17-9-6-15(7-10-17)24(25,26)27/h6-7,9-10,13,16,18,20H,8,11-12H2,1-5H3,(H,30,34)(H,28,29,31)/t16-,18+,20?/m1/s1. The minimum absolute atomic E-state index is 0.0534. The molecule has 2 N–H and O–H groups in total. The van der Waals surface area contributed by atoms with Crippen molar-refractivity contribution in [3.05, 3.63) is 35.5 Å². The number of amides is 1. The van der Waals surface area contributed by atoms with E-state index in [2.05, 4.69) is 15.6 Å². The molecular weight excluding hydrogens is 445 g/mol. The van der Waals surface area contributed by atoms with E-state index in [1.807, 2.05) is 44.7 Å². The van der Waals surface area contributed by atoms with Gasteiger partial charge in [-0.3, -0.25) is 4.79 Å². The van der Waals surface area contributed by atoms with E-state index in [0.717, 1.165) is 37.1 Å². The SMILES string of the molecule is Cc1nc(N[C@@H]2CC[C@H](N(C)c3ccc(C(F)(F)F)cc3)C2)nc2c1NC(=O)C(C(C)C)N2C. The number of aryl methyl sites for hydroxylation is 1. The molecule has 1 aliphatic heterocycles. The lowest BCUT2D eigenvalue weighted by molar-refractivity contribution is -0.137. The zero-order chi connectivity index (χ0) is 24.8. The van der Waals surface area contributed by atoms with Crippen LogP contribution in [-0.2, 0) is 11.0 Å². The Morgan fingerprint density at radius 3 is 2.47 bits per heavy atom. The lowest BCUT2D eigenvalue weighted by atomic mass is 9.99. The lowest BCUT2D eigenvalue weighted by Gasteiger charge is -2.37. The summed E-state index contributed by atoms with van der Waals surface area (Å²) in [6.07, 6.45) is -1.71. The maximum Gasteiger partial charge on any atom is 0.416 e. The number of hydrogen-bond donors (Lipinski definition) is 2. The molecule has 2 heterocycles. The molecular formula is C24H31F3N6O. The van der Waals surface area contributed by atoms with Gasteiger partial charge in [0.25, 0.3) is 0 Å². The zero-order valence-corrected chi connectivity index (χ0v) is 20.1. The summed E-state index contributed by atoms with van der Waals surface area (Å²) in [7, 11) is 3.79. The minimum atomic E-state index is -4.33. The molecule has 3 atom stereocenters. The number of anilines is 4. The van der Waals surface area contributed by atoms with Crippen LogP contribution in [0.1, 0.15) is 44.4 Å². The summed E-state index contributed by atoms with van der Waals surface area (Å²) in [5.74, 6) is 1.29. The van der Waals surface area contributed by atoms with E-state index >= 15 is 0 Å². The van der Waals surface area contributed by atoms with E-state index in [-0.39, 0.29) is 30.0 Å². The number of carbonyl (C=O) groups is 1. The van der Waals surface area contributed by atoms with Gasteiger partial charge in [0.2, 0.25) is 11.9 Å². The zero-order valence-electron chi connectivity index (χ0n) is 20.1. The van der Waals surface area contributed by atoms with Crippen LogP contribution in [0.2, 0.25) is 0 Å². The van der Waals surface area contributed by atoms with Crippen LogP contribution in [0.5, 0.6) is 0 Å². The third kappa shape index (κ3) is 4.63. The molecule has 1 aromatic carbocycles. The number of likely N-dealkylation sites (N-methyl/N-ethyl adjacent to an activating group) is 1. The van der Waals surface area contributed by atoms with Gasteiger partial charge in [-0.1, -0.05) is 13.8 Å². The smallest absolute Gasteiger partial charge is 0.372 e. The molecule has 0 spiro atoms. The predicted molar refractivity (Wildman–Crippen MR) is 127 cm³/mol. The van der Waals surface area contributed by atoms with Gasteiger partial charge in [-0.05, 0) is 56.4 Å². The average molecular weight is 477 g/mol. The summed E-state index contributed by atoms with van der Waals surface area (Å²) >= 11 is 0. The number of fused-ring (bicyclic) bond motifs is 1. The van der Waals surface area contributed by atoms with Crippen molar-refractivity contribution in [3.63, 3.8) is 0 Å². The van der Waals surface area contributed by atoms with Crippen LogP contribution in [-0.4, -0.2) is 48.1 Å². The van der Waals surface area contributed by atoms with Crippen molar-refractivity contribution in [1.29, 1.82) is 0 Å². The number of nitrogens with one attached hydrogen (secondary N) is 2. The Labute approximate surface area is 197 Å². The molecule has 1 unspecified atom stereocenters. The van der Waals surface area contributed by atoms with Crippen molar-refractivity contribution in [1.82, 2.24) is 9.97 Å². The Morgan fingerprint density at radius 2 is 1.85 bits per heavy atom. The Balaban J connectivity index is 1.45. The van der Waals surface area contributed by atoms with E-state index in [4.69, 9.17) is 4.98 Å². The molecule has 1 aromatic heterocycles. The van der Waals surface area contributed by atoms with E-state index < -0.39 is 11.7 Å². The Bertz CT molecular complexity index is 1060. The predicted octanol–water partition coefficient (Wildman–Crippen LogP) is 4.69. The third-order valence-electron chi connectivity index (χ3n) is 6.86. The highest BCUT2D eigenvalue weighted by atomic mass is 19.4. The number of carbonyl (C=O) groups excluding carboxylic acids is 1. The molecule has 7 nitrogen and oxygen atoms in total. The first-order valence-electron chi connectivity index (χ1n) is 11.5. The summed E-state index contributed by atoms with van der Waals surface area (Å²) < 4.78 is 38.6. The van der Waals surface area contributed by atoms with Crippen LogP contribution in [0.15, 0.2) is 24.3 Å². The lowest BCUT2D eigenvalue weighted by Crippen LogP contribution is -2.49. The van der Waals surface area contributed by atoms with Gasteiger partial charge in [0.05, 0.1) is 11.3 Å². The van der Waals surface area contributed by atoms with Crippen LogP contribution in [0.4, 0.5) is 36.3 Å². The van der Waals surface area contributed by atoms with Gasteiger partial charge in [0, 0.05) is 31.9 Å². The highest BCUT2D eigenvalue weighted by Gasteiger charge is 2.36. The Morgan fingerprint density at radius 1 is 1.18 bits per heavy atom. The quantitative estimate of drug-likeness (QED) is 0.653. The molecule has 0 radical (unpaired) electrons. The Kier molecular flexibility index (Phi) is 6.35. The fourth-order valence-corrected chi connectivity index (χ4v) is 5.00. The Hall–Kier alpha value is -3.04. The normalized spacial score (nSPS) is 22.6. The molecule has 10 heteroatoms. The number of nitrogens with zero attached hydrogens (tertiary/aromatic N) is 4. The summed E-state index contributed by atoms with van der Waals surface area (Å²) in [5.41, 5.74) is 1.46. The molecule has 0 saturated heterocycles. The number of alkyl halides is 3. The van der Waals surface area contributed by atoms with Gasteiger partial charge in [-0.15, -0.1) is 0 Å². The van der Waals surface area contributed by atoms with Crippen LogP contribution < -0.4 is 20.4 Å². The second kappa shape index (κ2) is 8.96. The molecule has 2 aliphatic rings. The maximum absolute atomic E-state index is 12.9. The molecule has 34 heavy (non-hydrogen) atoms. The van der Waals surface area contributed by atoms with Crippen molar-refractivity contribution in [2.45, 2.75) is 64.3 Å². The maximum atomic E-state index is 12.9. The third-order valence-corrected chi connectivity index (χ3v) is 6.86. The molecule has 184 valence electrons. The molecule has 4 rings (SSSR count). The number of aromatic nitrogens is 2. The first kappa shape index (κ1) is 24.1. The molecule has 1 fully saturated rings. The average Bonchev–Trinajstić information content (AvgIpc) is 3.22. The monoisotopic (exact) mass is 476 g/mol. The second-order valence-corrected chi connectivity index (χ2v) is 9.58. The van der Waals surface area contributed by atoms with Gasteiger partial charge in [0.15, 0.2) is 5.82 Å². The van der Waals surface area contributed by atoms with Gasteiger partial charge >= 0.3 is 6.18 Å². The van der Waals surface area contributed by atoms with Gasteiger partial charge < -0.3 is 20.4 Å². The number of hydrogen-bond acceptors (Lipinski definition) is 6. The van der Waals surface area contributed by atoms with Crippen LogP contribution in [0, 0.1) is 12.8 Å². The van der Waals surface area contributed by atoms with Crippen molar-refractivity contribution in [2.75, 3.05) is 34.5 Å². The first-order chi connectivity index (χ1) is 16.0. The van der Waals surface area contributed by atoms with Crippen LogP contribution in [0.3, 0.4) is 0 Å². The van der Waals surface area contributed by atoms with E-state index in [1.165, 1.54) is 12.1 Å². The van der Waals surface area contributed by atoms with Gasteiger partial charge in [-0.25, -0.2) is 4.98 Å². The fraction of sp³-hybridized carbons (Fsp3) is 0.542. The molecule has 1 aliphatic carbocycles. The molecule has 1 amide bonds. The van der Waals surface area contributed by atoms with Crippen molar-refractivity contribution in [3.8, 4) is 0 Å². The minimum Gasteiger partial charge on any atom is -0.372 e. The molecule has 1 saturated carbocycles. The summed E-state index contributed by atoms with van der Waals surface area (Å²) in [6.45, 7) is 5.86. The van der Waals surface area contributed by atoms with Crippen molar-refractivity contribution in [2.24, 2.45) is 5.92 Å². The molecule has 2 aromatic rings. The van der Waals surface area contributed by atoms with E-state index in [9.17, 15) is 18.0 Å². The summed E-state index contributed by atoms with van der Waals surface area (Å²) in [5, 5.41) is 6.39. The van der Waals surface area contributed by atoms with Crippen LogP contribution in [0.25, 0.3) is 0 Å². The van der Waals surface area contributed by atoms with Crippen LogP contribution >= 0.6 is 0 Å². The number of halogens is 3. The summed E-state index contributed by atoms with van der Waals surface area (Å²) in [6, 6.07) is 5.33. The van der Waals surface area contributed by atoms with Gasteiger partial charge in [-0.2, -0.15) is 18.2 Å². The topological polar surface area (TPSA) is 73.4 Å². The number of benzene rings is 1. The van der Waals surface area contributed by atoms with Crippen molar-refractivity contribution >= 4 is 29.0 Å². The highest BCUT2D eigenvalue weighted by molar-refractivity contribution is 6.03. The van der Waals surface area contributed by atoms with E-state index in [0.29, 0.717) is 23.1 Å². The fourth-order valence-electron chi connectivity index (χ4n) is 5.00. The van der Waals surface area contributed by atoms with Gasteiger partial charge in [0.1, 0.15) is 11.7 Å². The summed E-state index contributed by atoms with van der Waals surface area (Å²) in [4.78, 5) is 25.8. The first-order valence-corrected chi connectivity index (χ1v) is 11.5. The second-order valence-electron chi connectivity index (χ2n) is 9.58. The highest BCUT2D eigenvalue weighted by Crippen LogP contribution is 2.36. The van der Waals surface area contributed by atoms with Crippen molar-refractivity contribution < 1.29 is 18.0 Å².